The summed E-state index contributed by atoms with van der Waals surface area (Å²) >= 11 is 5.88. The number of benzene rings is 1. The van der Waals surface area contributed by atoms with E-state index in [2.05, 4.69) is 20.3 Å². The summed E-state index contributed by atoms with van der Waals surface area (Å²) in [5.74, 6) is -3.87. The number of rotatable bonds is 7. The Balaban J connectivity index is 1.68. The first kappa shape index (κ1) is 22.8. The molecule has 33 heavy (non-hydrogen) atoms. The average molecular weight is 476 g/mol. The van der Waals surface area contributed by atoms with Crippen molar-refractivity contribution in [2.45, 2.75) is 37.3 Å². The van der Waals surface area contributed by atoms with E-state index in [0.717, 1.165) is 0 Å². The third kappa shape index (κ3) is 5.16. The highest BCUT2D eigenvalue weighted by Crippen LogP contribution is 2.36. The van der Waals surface area contributed by atoms with Gasteiger partial charge in [-0.3, -0.25) is 14.5 Å². The number of carbonyl (C=O) groups is 2. The molecule has 0 aliphatic heterocycles. The van der Waals surface area contributed by atoms with Crippen LogP contribution in [0.25, 0.3) is 11.3 Å². The minimum atomic E-state index is -2.83. The Morgan fingerprint density at radius 2 is 1.91 bits per heavy atom. The number of carbonyl (C=O) groups excluding carboxylic acids is 2. The molecule has 11 heteroatoms. The molecule has 2 amide bonds. The number of amides is 2. The quantitative estimate of drug-likeness (QED) is 0.522. The summed E-state index contributed by atoms with van der Waals surface area (Å²) in [6.07, 6.45) is 6.33. The Morgan fingerprint density at radius 1 is 1.18 bits per heavy atom. The SMILES string of the molecule is O=C(N[C@@H]1CCC(F)(F)C1)[C@H](c1cncnc1)N(C(=O)CCl)c1ccc(-c2cnco2)cc1. The molecular formula is C22H20ClF2N5O3. The van der Waals surface area contributed by atoms with Crippen LogP contribution in [0.2, 0.25) is 0 Å². The van der Waals surface area contributed by atoms with Crippen LogP contribution >= 0.6 is 11.6 Å². The summed E-state index contributed by atoms with van der Waals surface area (Å²) in [5, 5.41) is 2.66. The van der Waals surface area contributed by atoms with Crippen molar-refractivity contribution in [2.75, 3.05) is 10.8 Å². The lowest BCUT2D eigenvalue weighted by Gasteiger charge is -2.31. The third-order valence-electron chi connectivity index (χ3n) is 5.40. The molecule has 0 radical (unpaired) electrons. The van der Waals surface area contributed by atoms with Crippen LogP contribution < -0.4 is 10.2 Å². The Morgan fingerprint density at radius 3 is 2.48 bits per heavy atom. The zero-order chi connectivity index (χ0) is 23.4. The Kier molecular flexibility index (Phi) is 6.64. The van der Waals surface area contributed by atoms with Crippen LogP contribution in [0.1, 0.15) is 30.9 Å². The standard InChI is InChI=1S/C22H20ClF2N5O3/c23-8-19(31)30(17-3-1-14(2-4-17)18-11-28-13-33-18)20(15-9-26-12-27-10-15)21(32)29-16-5-6-22(24,25)7-16/h1-4,9-13,16,20H,5-8H2,(H,29,32)/t16-,20+/m1/s1. The maximum absolute atomic E-state index is 13.7. The lowest BCUT2D eigenvalue weighted by atomic mass is 10.0. The van der Waals surface area contributed by atoms with Crippen molar-refractivity contribution in [1.82, 2.24) is 20.3 Å². The van der Waals surface area contributed by atoms with Gasteiger partial charge in [0.05, 0.1) is 6.20 Å². The second kappa shape index (κ2) is 9.62. The van der Waals surface area contributed by atoms with E-state index in [1.54, 1.807) is 30.5 Å². The summed E-state index contributed by atoms with van der Waals surface area (Å²) in [6.45, 7) is 0. The maximum atomic E-state index is 13.7. The van der Waals surface area contributed by atoms with Crippen molar-refractivity contribution < 1.29 is 22.8 Å². The molecule has 1 aliphatic carbocycles. The molecule has 1 fully saturated rings. The van der Waals surface area contributed by atoms with Crippen molar-refractivity contribution in [1.29, 1.82) is 0 Å². The topological polar surface area (TPSA) is 101 Å². The van der Waals surface area contributed by atoms with Crippen molar-refractivity contribution in [2.24, 2.45) is 0 Å². The number of nitrogens with one attached hydrogen (secondary N) is 1. The normalized spacial score (nSPS) is 18.0. The predicted octanol–water partition coefficient (Wildman–Crippen LogP) is 3.75. The molecule has 172 valence electrons. The van der Waals surface area contributed by atoms with Gasteiger partial charge in [-0.05, 0) is 30.7 Å². The van der Waals surface area contributed by atoms with Gasteiger partial charge in [-0.25, -0.2) is 23.7 Å². The molecule has 1 N–H and O–H groups in total. The predicted molar refractivity (Wildman–Crippen MR) is 116 cm³/mol. The Labute approximate surface area is 193 Å². The number of hydrogen-bond donors (Lipinski definition) is 1. The fourth-order valence-electron chi connectivity index (χ4n) is 3.87. The third-order valence-corrected chi connectivity index (χ3v) is 5.63. The smallest absolute Gasteiger partial charge is 0.250 e. The van der Waals surface area contributed by atoms with Crippen molar-refractivity contribution in [3.8, 4) is 11.3 Å². The molecule has 2 aromatic heterocycles. The van der Waals surface area contributed by atoms with Gasteiger partial charge in [0.1, 0.15) is 18.2 Å². The van der Waals surface area contributed by atoms with E-state index in [1.165, 1.54) is 30.0 Å². The van der Waals surface area contributed by atoms with Gasteiger partial charge in [0.25, 0.3) is 0 Å². The number of anilines is 1. The highest BCUT2D eigenvalue weighted by molar-refractivity contribution is 6.29. The molecule has 0 unspecified atom stereocenters. The molecule has 0 spiro atoms. The van der Waals surface area contributed by atoms with Crippen LogP contribution in [0.4, 0.5) is 14.5 Å². The van der Waals surface area contributed by atoms with E-state index in [1.807, 2.05) is 0 Å². The highest BCUT2D eigenvalue weighted by Gasteiger charge is 2.42. The fourth-order valence-corrected chi connectivity index (χ4v) is 4.00. The van der Waals surface area contributed by atoms with Crippen LogP contribution in [0.3, 0.4) is 0 Å². The molecule has 2 heterocycles. The molecule has 2 atom stereocenters. The molecule has 4 rings (SSSR count). The van der Waals surface area contributed by atoms with E-state index in [-0.39, 0.29) is 12.8 Å². The first-order chi connectivity index (χ1) is 15.9. The van der Waals surface area contributed by atoms with E-state index in [0.29, 0.717) is 22.6 Å². The van der Waals surface area contributed by atoms with Crippen molar-refractivity contribution in [3.05, 3.63) is 61.1 Å². The van der Waals surface area contributed by atoms with Gasteiger partial charge in [-0.15, -0.1) is 11.6 Å². The van der Waals surface area contributed by atoms with Gasteiger partial charge in [0, 0.05) is 48.1 Å². The second-order valence-corrected chi connectivity index (χ2v) is 7.96. The fraction of sp³-hybridized carbons (Fsp3) is 0.318. The lowest BCUT2D eigenvalue weighted by molar-refractivity contribution is -0.126. The average Bonchev–Trinajstić information content (AvgIpc) is 3.47. The van der Waals surface area contributed by atoms with Crippen LogP contribution in [0, 0.1) is 0 Å². The van der Waals surface area contributed by atoms with Crippen molar-refractivity contribution in [3.63, 3.8) is 0 Å². The Bertz CT molecular complexity index is 1100. The summed E-state index contributed by atoms with van der Waals surface area (Å²) < 4.78 is 32.6. The summed E-state index contributed by atoms with van der Waals surface area (Å²) in [4.78, 5) is 39.2. The number of halogens is 3. The van der Waals surface area contributed by atoms with Crippen LogP contribution in [-0.2, 0) is 9.59 Å². The zero-order valence-electron chi connectivity index (χ0n) is 17.3. The van der Waals surface area contributed by atoms with Gasteiger partial charge in [0.2, 0.25) is 17.7 Å². The van der Waals surface area contributed by atoms with Crippen LogP contribution in [0.15, 0.2) is 60.0 Å². The molecular weight excluding hydrogens is 456 g/mol. The van der Waals surface area contributed by atoms with E-state index in [4.69, 9.17) is 16.0 Å². The van der Waals surface area contributed by atoms with E-state index < -0.39 is 42.1 Å². The number of nitrogens with zero attached hydrogens (tertiary/aromatic N) is 4. The first-order valence-electron chi connectivity index (χ1n) is 10.2. The maximum Gasteiger partial charge on any atom is 0.250 e. The van der Waals surface area contributed by atoms with Gasteiger partial charge in [0.15, 0.2) is 12.2 Å². The van der Waals surface area contributed by atoms with Gasteiger partial charge in [-0.2, -0.15) is 0 Å². The molecule has 8 nitrogen and oxygen atoms in total. The number of hydrogen-bond acceptors (Lipinski definition) is 6. The zero-order valence-corrected chi connectivity index (χ0v) is 18.1. The molecule has 0 bridgehead atoms. The Hall–Kier alpha value is -3.40. The highest BCUT2D eigenvalue weighted by atomic mass is 35.5. The number of oxazole rings is 1. The molecule has 3 aromatic rings. The van der Waals surface area contributed by atoms with Gasteiger partial charge in [-0.1, -0.05) is 0 Å². The number of alkyl halides is 3. The van der Waals surface area contributed by atoms with Gasteiger partial charge >= 0.3 is 0 Å². The minimum absolute atomic E-state index is 0.145. The lowest BCUT2D eigenvalue weighted by Crippen LogP contribution is -2.47. The van der Waals surface area contributed by atoms with Crippen LogP contribution in [-0.4, -0.2) is 44.6 Å². The van der Waals surface area contributed by atoms with Crippen molar-refractivity contribution >= 4 is 29.1 Å². The second-order valence-electron chi connectivity index (χ2n) is 7.69. The molecule has 1 saturated carbocycles. The molecule has 0 saturated heterocycles. The molecule has 1 aromatic carbocycles. The van der Waals surface area contributed by atoms with E-state index >= 15 is 0 Å². The van der Waals surface area contributed by atoms with E-state index in [9.17, 15) is 18.4 Å². The summed E-state index contributed by atoms with van der Waals surface area (Å²) in [5.41, 5.74) is 1.41. The monoisotopic (exact) mass is 475 g/mol. The minimum Gasteiger partial charge on any atom is -0.444 e. The summed E-state index contributed by atoms with van der Waals surface area (Å²) in [6, 6.07) is 4.77. The summed E-state index contributed by atoms with van der Waals surface area (Å²) in [7, 11) is 0. The number of aromatic nitrogens is 3. The van der Waals surface area contributed by atoms with Gasteiger partial charge < -0.3 is 9.73 Å². The molecule has 1 aliphatic rings. The van der Waals surface area contributed by atoms with Crippen LogP contribution in [0.5, 0.6) is 0 Å². The largest absolute Gasteiger partial charge is 0.444 e. The first-order valence-corrected chi connectivity index (χ1v) is 10.7.